The fourth-order valence-corrected chi connectivity index (χ4v) is 2.41. The Morgan fingerprint density at radius 3 is 2.07 bits per heavy atom. The minimum atomic E-state index is -1.13. The van der Waals surface area contributed by atoms with E-state index in [0.29, 0.717) is 12.1 Å². The molecule has 2 rings (SSSR count). The summed E-state index contributed by atoms with van der Waals surface area (Å²) < 4.78 is 10.4. The quantitative estimate of drug-likeness (QED) is 0.699. The Morgan fingerprint density at radius 2 is 1.48 bits per heavy atom. The second-order valence-electron chi connectivity index (χ2n) is 7.34. The van der Waals surface area contributed by atoms with E-state index in [1.807, 2.05) is 30.3 Å². The van der Waals surface area contributed by atoms with Crippen molar-refractivity contribution in [1.29, 1.82) is 0 Å². The van der Waals surface area contributed by atoms with Gasteiger partial charge in [-0.05, 0) is 26.3 Å². The first-order valence-electron chi connectivity index (χ1n) is 9.27. The van der Waals surface area contributed by atoms with Crippen LogP contribution in [0.4, 0.5) is 4.79 Å². The van der Waals surface area contributed by atoms with Crippen LogP contribution in [-0.4, -0.2) is 30.1 Å². The van der Waals surface area contributed by atoms with Crippen LogP contribution in [0.25, 0.3) is 0 Å². The van der Waals surface area contributed by atoms with Crippen molar-refractivity contribution >= 4 is 18.0 Å². The Balaban J connectivity index is 1.98. The maximum Gasteiger partial charge on any atom is 0.408 e. The molecule has 2 aromatic rings. The molecule has 2 N–H and O–H groups in total. The molecule has 0 fully saturated rings. The monoisotopic (exact) mass is 398 g/mol. The third kappa shape index (κ3) is 8.04. The fraction of sp³-hybridized carbons (Fsp3) is 0.318. The molecule has 7 nitrogen and oxygen atoms in total. The molecule has 29 heavy (non-hydrogen) atoms. The van der Waals surface area contributed by atoms with E-state index in [9.17, 15) is 14.4 Å². The van der Waals surface area contributed by atoms with Crippen LogP contribution in [0.5, 0.6) is 0 Å². The van der Waals surface area contributed by atoms with Crippen LogP contribution < -0.4 is 10.6 Å². The molecular formula is C22H26N2O5. The maximum atomic E-state index is 12.7. The molecule has 2 aromatic carbocycles. The highest BCUT2D eigenvalue weighted by atomic mass is 16.6. The first kappa shape index (κ1) is 21.9. The lowest BCUT2D eigenvalue weighted by molar-refractivity contribution is -0.155. The van der Waals surface area contributed by atoms with Gasteiger partial charge in [-0.15, -0.1) is 0 Å². The molecule has 0 bridgehead atoms. The number of rotatable bonds is 7. The van der Waals surface area contributed by atoms with Crippen LogP contribution >= 0.6 is 0 Å². The molecule has 0 aliphatic rings. The first-order chi connectivity index (χ1) is 13.7. The summed E-state index contributed by atoms with van der Waals surface area (Å²) in [6.45, 7) is 5.04. The van der Waals surface area contributed by atoms with E-state index in [4.69, 9.17) is 9.47 Å². The van der Waals surface area contributed by atoms with E-state index in [1.54, 1.807) is 51.1 Å². The van der Waals surface area contributed by atoms with Crippen LogP contribution in [0.2, 0.25) is 0 Å². The van der Waals surface area contributed by atoms with Gasteiger partial charge in [0.05, 0.1) is 0 Å². The summed E-state index contributed by atoms with van der Waals surface area (Å²) in [6, 6.07) is 18.1. The minimum Gasteiger partial charge on any atom is -0.446 e. The number of nitrogens with one attached hydrogen (secondary N) is 2. The van der Waals surface area contributed by atoms with Gasteiger partial charge in [-0.1, -0.05) is 60.7 Å². The second kappa shape index (κ2) is 10.3. The summed E-state index contributed by atoms with van der Waals surface area (Å²) in [7, 11) is 0. The number of amides is 2. The lowest BCUT2D eigenvalue weighted by Crippen LogP contribution is -2.38. The lowest BCUT2D eigenvalue weighted by Gasteiger charge is -2.20. The summed E-state index contributed by atoms with van der Waals surface area (Å²) in [6.07, 6.45) is -1.87. The molecular weight excluding hydrogens is 372 g/mol. The Bertz CT molecular complexity index is 816. The summed E-state index contributed by atoms with van der Waals surface area (Å²) in [5.74, 6) is -1.20. The van der Waals surface area contributed by atoms with Gasteiger partial charge in [-0.2, -0.15) is 0 Å². The molecule has 7 heteroatoms. The van der Waals surface area contributed by atoms with Crippen LogP contribution in [0, 0.1) is 0 Å². The first-order valence-corrected chi connectivity index (χ1v) is 9.27. The Labute approximate surface area is 170 Å². The Hall–Kier alpha value is -3.35. The molecule has 2 amide bonds. The number of benzene rings is 2. The van der Waals surface area contributed by atoms with Crippen LogP contribution in [-0.2, 0) is 25.6 Å². The van der Waals surface area contributed by atoms with Crippen molar-refractivity contribution in [3.8, 4) is 0 Å². The van der Waals surface area contributed by atoms with E-state index in [2.05, 4.69) is 10.6 Å². The third-order valence-corrected chi connectivity index (χ3v) is 3.68. The molecule has 0 aromatic heterocycles. The van der Waals surface area contributed by atoms with Crippen molar-refractivity contribution in [2.24, 2.45) is 0 Å². The number of carbonyl (C=O) groups excluding carboxylic acids is 3. The number of hydrogen-bond donors (Lipinski definition) is 2. The van der Waals surface area contributed by atoms with Gasteiger partial charge in [0.2, 0.25) is 6.10 Å². The van der Waals surface area contributed by atoms with Gasteiger partial charge in [0.25, 0.3) is 5.91 Å². The molecule has 0 radical (unpaired) electrons. The highest BCUT2D eigenvalue weighted by Crippen LogP contribution is 2.18. The van der Waals surface area contributed by atoms with Gasteiger partial charge in [-0.25, -0.2) is 4.79 Å². The maximum absolute atomic E-state index is 12.7. The van der Waals surface area contributed by atoms with Crippen LogP contribution in [0.15, 0.2) is 60.7 Å². The molecule has 0 heterocycles. The van der Waals surface area contributed by atoms with Gasteiger partial charge in [0.15, 0.2) is 0 Å². The third-order valence-electron chi connectivity index (χ3n) is 3.68. The lowest BCUT2D eigenvalue weighted by atomic mass is 10.1. The predicted molar refractivity (Wildman–Crippen MR) is 108 cm³/mol. The number of alkyl carbamates (subject to hydrolysis) is 1. The van der Waals surface area contributed by atoms with Crippen LogP contribution in [0.3, 0.4) is 0 Å². The van der Waals surface area contributed by atoms with Crippen molar-refractivity contribution in [3.05, 3.63) is 71.8 Å². The van der Waals surface area contributed by atoms with Gasteiger partial charge in [0, 0.05) is 12.1 Å². The van der Waals surface area contributed by atoms with Crippen molar-refractivity contribution in [3.63, 3.8) is 0 Å². The van der Waals surface area contributed by atoms with E-state index in [1.165, 1.54) is 0 Å². The summed E-state index contributed by atoms with van der Waals surface area (Å²) in [5.41, 5.74) is 0.770. The number of carbonyl (C=O) groups is 3. The highest BCUT2D eigenvalue weighted by Gasteiger charge is 2.25. The van der Waals surface area contributed by atoms with E-state index in [-0.39, 0.29) is 0 Å². The standard InChI is InChI=1S/C22H26N2O5/c1-22(2,3)29-21(27)24-15-18(25)28-19(17-12-8-5-9-13-17)20(26)23-14-16-10-6-4-7-11-16/h4-13,19H,14-15H2,1-3H3,(H,23,26)(H,24,27). The van der Waals surface area contributed by atoms with Crippen molar-refractivity contribution in [2.75, 3.05) is 6.54 Å². The van der Waals surface area contributed by atoms with Gasteiger partial charge in [-0.3, -0.25) is 9.59 Å². The molecule has 0 spiro atoms. The van der Waals surface area contributed by atoms with Crippen molar-refractivity contribution in [2.45, 2.75) is 39.0 Å². The molecule has 1 atom stereocenters. The molecule has 0 saturated carbocycles. The highest BCUT2D eigenvalue weighted by molar-refractivity contribution is 5.86. The smallest absolute Gasteiger partial charge is 0.408 e. The SMILES string of the molecule is CC(C)(C)OC(=O)NCC(=O)OC(C(=O)NCc1ccccc1)c1ccccc1. The number of hydrogen-bond acceptors (Lipinski definition) is 5. The van der Waals surface area contributed by atoms with E-state index in [0.717, 1.165) is 5.56 Å². The van der Waals surface area contributed by atoms with Crippen molar-refractivity contribution < 1.29 is 23.9 Å². The largest absolute Gasteiger partial charge is 0.446 e. The summed E-state index contributed by atoms with van der Waals surface area (Å²) in [4.78, 5) is 36.6. The van der Waals surface area contributed by atoms with Gasteiger partial charge >= 0.3 is 12.1 Å². The van der Waals surface area contributed by atoms with Crippen LogP contribution in [0.1, 0.15) is 38.0 Å². The second-order valence-corrected chi connectivity index (χ2v) is 7.34. The minimum absolute atomic E-state index is 0.302. The predicted octanol–water partition coefficient (Wildman–Crippen LogP) is 3.11. The molecule has 0 saturated heterocycles. The molecule has 0 aliphatic carbocycles. The summed E-state index contributed by atoms with van der Waals surface area (Å²) in [5, 5.41) is 5.10. The zero-order valence-corrected chi connectivity index (χ0v) is 16.8. The van der Waals surface area contributed by atoms with Gasteiger partial charge in [0.1, 0.15) is 12.1 Å². The fourth-order valence-electron chi connectivity index (χ4n) is 2.41. The zero-order valence-electron chi connectivity index (χ0n) is 16.8. The molecule has 154 valence electrons. The molecule has 1 unspecified atom stereocenters. The number of ether oxygens (including phenoxy) is 2. The number of esters is 1. The average molecular weight is 398 g/mol. The normalized spacial score (nSPS) is 11.8. The average Bonchev–Trinajstić information content (AvgIpc) is 2.69. The van der Waals surface area contributed by atoms with E-state index >= 15 is 0 Å². The Kier molecular flexibility index (Phi) is 7.77. The van der Waals surface area contributed by atoms with Crippen molar-refractivity contribution in [1.82, 2.24) is 10.6 Å². The molecule has 0 aliphatic heterocycles. The van der Waals surface area contributed by atoms with E-state index < -0.39 is 36.2 Å². The van der Waals surface area contributed by atoms with Gasteiger partial charge < -0.3 is 20.1 Å². The summed E-state index contributed by atoms with van der Waals surface area (Å²) >= 11 is 0. The topological polar surface area (TPSA) is 93.7 Å². The zero-order chi connectivity index (χ0) is 21.3. The Morgan fingerprint density at radius 1 is 0.897 bits per heavy atom.